The largest absolute Gasteiger partial charge is 0.370 e. The van der Waals surface area contributed by atoms with Crippen molar-refractivity contribution < 1.29 is 4.39 Å². The van der Waals surface area contributed by atoms with Crippen LogP contribution in [0.3, 0.4) is 0 Å². The van der Waals surface area contributed by atoms with Gasteiger partial charge in [-0.25, -0.2) is 4.39 Å². The molecule has 0 aliphatic carbocycles. The van der Waals surface area contributed by atoms with E-state index in [0.29, 0.717) is 6.54 Å². The van der Waals surface area contributed by atoms with Gasteiger partial charge in [-0.05, 0) is 47.9 Å². The number of fused-ring (bicyclic) bond motifs is 1. The van der Waals surface area contributed by atoms with E-state index in [2.05, 4.69) is 49.8 Å². The predicted octanol–water partition coefficient (Wildman–Crippen LogP) is 4.39. The van der Waals surface area contributed by atoms with Crippen LogP contribution in [0.1, 0.15) is 11.1 Å². The third-order valence-corrected chi connectivity index (χ3v) is 6.35. The van der Waals surface area contributed by atoms with E-state index >= 15 is 0 Å². The van der Waals surface area contributed by atoms with Gasteiger partial charge in [0.05, 0.1) is 0 Å². The molecule has 1 aliphatic rings. The topological polar surface area (TPSA) is 55.5 Å². The monoisotopic (exact) mass is 553 g/mol. The molecule has 0 saturated carbocycles. The number of anilines is 1. The zero-order valence-electron chi connectivity index (χ0n) is 17.7. The highest BCUT2D eigenvalue weighted by Gasteiger charge is 2.11. The first-order valence-electron chi connectivity index (χ1n) is 10.3. The second kappa shape index (κ2) is 11.6. The normalized spacial score (nSPS) is 14.4. The molecule has 5 nitrogen and oxygen atoms in total. The van der Waals surface area contributed by atoms with E-state index in [1.165, 1.54) is 28.8 Å². The van der Waals surface area contributed by atoms with E-state index in [-0.39, 0.29) is 29.8 Å². The summed E-state index contributed by atoms with van der Waals surface area (Å²) in [6.07, 6.45) is 2.73. The Morgan fingerprint density at radius 3 is 2.65 bits per heavy atom. The van der Waals surface area contributed by atoms with Crippen LogP contribution in [0.15, 0.2) is 53.7 Å². The van der Waals surface area contributed by atoms with Crippen LogP contribution < -0.4 is 15.5 Å². The van der Waals surface area contributed by atoms with E-state index in [0.717, 1.165) is 48.5 Å². The second-order valence-corrected chi connectivity index (χ2v) is 8.60. The Morgan fingerprint density at radius 1 is 1.13 bits per heavy atom. The molecule has 3 aromatic rings. The molecule has 1 saturated heterocycles. The number of thioether (sulfide) groups is 1. The van der Waals surface area contributed by atoms with Crippen LogP contribution in [0.4, 0.5) is 10.1 Å². The molecule has 0 bridgehead atoms. The molecule has 3 N–H and O–H groups in total. The van der Waals surface area contributed by atoms with Crippen molar-refractivity contribution in [2.75, 3.05) is 43.1 Å². The van der Waals surface area contributed by atoms with Crippen molar-refractivity contribution in [3.8, 4) is 0 Å². The van der Waals surface area contributed by atoms with Gasteiger partial charge in [0.2, 0.25) is 0 Å². The third kappa shape index (κ3) is 6.29. The Kier molecular flexibility index (Phi) is 8.89. The van der Waals surface area contributed by atoms with Crippen LogP contribution in [0, 0.1) is 5.82 Å². The molecular weight excluding hydrogens is 524 g/mol. The number of aliphatic imine (C=N–C) groups is 1. The third-order valence-electron chi connectivity index (χ3n) is 5.41. The molecule has 0 radical (unpaired) electrons. The van der Waals surface area contributed by atoms with Crippen molar-refractivity contribution >= 4 is 58.3 Å². The Bertz CT molecular complexity index is 999. The van der Waals surface area contributed by atoms with Gasteiger partial charge in [-0.3, -0.25) is 4.99 Å². The lowest BCUT2D eigenvalue weighted by Crippen LogP contribution is -2.37. The van der Waals surface area contributed by atoms with Crippen LogP contribution >= 0.6 is 35.7 Å². The summed E-state index contributed by atoms with van der Waals surface area (Å²) in [7, 11) is 1.77. The number of benzene rings is 2. The van der Waals surface area contributed by atoms with Crippen molar-refractivity contribution in [1.82, 2.24) is 15.6 Å². The summed E-state index contributed by atoms with van der Waals surface area (Å²) in [6, 6.07) is 13.6. The summed E-state index contributed by atoms with van der Waals surface area (Å²) in [4.78, 5) is 9.95. The summed E-state index contributed by atoms with van der Waals surface area (Å²) < 4.78 is 13.5. The zero-order valence-corrected chi connectivity index (χ0v) is 20.8. The minimum absolute atomic E-state index is 0. The molecule has 166 valence electrons. The molecule has 0 amide bonds. The molecule has 2 aromatic carbocycles. The summed E-state index contributed by atoms with van der Waals surface area (Å²) >= 11 is 2.03. The standard InChI is InChI=1S/C23H28FN5S.HI/c1-25-23(26-9-8-18-16-27-22-7-4-19(24)14-21(18)22)28-15-17-2-5-20(6-3-17)29-10-12-30-13-11-29;/h2-7,14,16,27H,8-13,15H2,1H3,(H2,25,26,28);1H. The van der Waals surface area contributed by atoms with Gasteiger partial charge in [-0.1, -0.05) is 12.1 Å². The molecule has 2 heterocycles. The highest BCUT2D eigenvalue weighted by atomic mass is 127. The fourth-order valence-corrected chi connectivity index (χ4v) is 4.63. The van der Waals surface area contributed by atoms with Crippen molar-refractivity contribution in [2.45, 2.75) is 13.0 Å². The first-order valence-corrected chi connectivity index (χ1v) is 11.5. The molecule has 0 unspecified atom stereocenters. The summed E-state index contributed by atoms with van der Waals surface area (Å²) in [5.74, 6) is 2.97. The number of hydrogen-bond donors (Lipinski definition) is 3. The van der Waals surface area contributed by atoms with Gasteiger partial charge in [-0.2, -0.15) is 11.8 Å². The first-order chi connectivity index (χ1) is 14.7. The van der Waals surface area contributed by atoms with E-state index < -0.39 is 0 Å². The predicted molar refractivity (Wildman–Crippen MR) is 142 cm³/mol. The van der Waals surface area contributed by atoms with Crippen LogP contribution in [-0.2, 0) is 13.0 Å². The van der Waals surface area contributed by atoms with Crippen molar-refractivity contribution in [3.05, 3.63) is 65.6 Å². The average Bonchev–Trinajstić information content (AvgIpc) is 3.19. The quantitative estimate of drug-likeness (QED) is 0.241. The second-order valence-electron chi connectivity index (χ2n) is 7.37. The number of aromatic nitrogens is 1. The molecule has 1 aromatic heterocycles. The molecule has 4 rings (SSSR count). The van der Waals surface area contributed by atoms with Gasteiger partial charge in [0.15, 0.2) is 5.96 Å². The summed E-state index contributed by atoms with van der Waals surface area (Å²) in [6.45, 7) is 3.69. The first kappa shape index (κ1) is 23.7. The summed E-state index contributed by atoms with van der Waals surface area (Å²) in [5.41, 5.74) is 4.58. The minimum atomic E-state index is -0.209. The SMILES string of the molecule is CN=C(NCCc1c[nH]c2ccc(F)cc12)NCc1ccc(N2CCSCC2)cc1.I. The van der Waals surface area contributed by atoms with Gasteiger partial charge in [0, 0.05) is 67.5 Å². The van der Waals surface area contributed by atoms with Gasteiger partial charge in [0.1, 0.15) is 5.82 Å². The van der Waals surface area contributed by atoms with E-state index in [4.69, 9.17) is 0 Å². The zero-order chi connectivity index (χ0) is 20.8. The number of H-pyrrole nitrogens is 1. The van der Waals surface area contributed by atoms with Gasteiger partial charge >= 0.3 is 0 Å². The number of halogens is 2. The lowest BCUT2D eigenvalue weighted by Gasteiger charge is -2.28. The molecule has 1 fully saturated rings. The maximum absolute atomic E-state index is 13.5. The summed E-state index contributed by atoms with van der Waals surface area (Å²) in [5, 5.41) is 7.64. The fourth-order valence-electron chi connectivity index (χ4n) is 3.73. The highest BCUT2D eigenvalue weighted by molar-refractivity contribution is 14.0. The Balaban J connectivity index is 0.00000272. The van der Waals surface area contributed by atoms with Crippen LogP contribution in [0.2, 0.25) is 0 Å². The maximum Gasteiger partial charge on any atom is 0.191 e. The van der Waals surface area contributed by atoms with Crippen molar-refractivity contribution in [3.63, 3.8) is 0 Å². The van der Waals surface area contributed by atoms with Crippen LogP contribution in [0.5, 0.6) is 0 Å². The highest BCUT2D eigenvalue weighted by Crippen LogP contribution is 2.20. The number of nitrogens with one attached hydrogen (secondary N) is 3. The van der Waals surface area contributed by atoms with Crippen molar-refractivity contribution in [2.24, 2.45) is 4.99 Å². The molecular formula is C23H29FIN5S. The molecule has 0 spiro atoms. The Hall–Kier alpha value is -1.94. The minimum Gasteiger partial charge on any atom is -0.370 e. The van der Waals surface area contributed by atoms with E-state index in [1.807, 2.05) is 18.0 Å². The smallest absolute Gasteiger partial charge is 0.191 e. The molecule has 0 atom stereocenters. The van der Waals surface area contributed by atoms with Gasteiger partial charge in [-0.15, -0.1) is 24.0 Å². The number of rotatable bonds is 6. The molecule has 8 heteroatoms. The number of nitrogens with zero attached hydrogens (tertiary/aromatic N) is 2. The van der Waals surface area contributed by atoms with Gasteiger partial charge < -0.3 is 20.5 Å². The van der Waals surface area contributed by atoms with Gasteiger partial charge in [0.25, 0.3) is 0 Å². The molecule has 1 aliphatic heterocycles. The Morgan fingerprint density at radius 2 is 1.90 bits per heavy atom. The van der Waals surface area contributed by atoms with E-state index in [9.17, 15) is 4.39 Å². The van der Waals surface area contributed by atoms with Crippen LogP contribution in [0.25, 0.3) is 10.9 Å². The average molecular weight is 553 g/mol. The lowest BCUT2D eigenvalue weighted by atomic mass is 10.1. The van der Waals surface area contributed by atoms with Crippen LogP contribution in [-0.4, -0.2) is 49.1 Å². The number of aromatic amines is 1. The fraction of sp³-hybridized carbons (Fsp3) is 0.348. The van der Waals surface area contributed by atoms with E-state index in [1.54, 1.807) is 19.2 Å². The lowest BCUT2D eigenvalue weighted by molar-refractivity contribution is 0.629. The molecule has 31 heavy (non-hydrogen) atoms. The van der Waals surface area contributed by atoms with Crippen molar-refractivity contribution in [1.29, 1.82) is 0 Å². The number of guanidine groups is 1. The number of hydrogen-bond acceptors (Lipinski definition) is 3. The Labute approximate surface area is 204 Å². The maximum atomic E-state index is 13.5.